The third-order valence-corrected chi connectivity index (χ3v) is 4.30. The second kappa shape index (κ2) is 4.96. The third-order valence-electron chi connectivity index (χ3n) is 3.86. The van der Waals surface area contributed by atoms with Crippen LogP contribution < -0.4 is 0 Å². The van der Waals surface area contributed by atoms with Gasteiger partial charge in [0.05, 0.1) is 5.69 Å². The maximum atomic E-state index is 6.13. The van der Waals surface area contributed by atoms with Crippen LogP contribution in [0.15, 0.2) is 57.6 Å². The summed E-state index contributed by atoms with van der Waals surface area (Å²) in [7, 11) is 0. The molecule has 0 radical (unpaired) electrons. The Morgan fingerprint density at radius 3 is 2.55 bits per heavy atom. The SMILES string of the molecule is Cc1ccc2oc3c(-c4cccc(Br)n4)cc(C)cc3c2c1. The minimum atomic E-state index is 0.826. The maximum Gasteiger partial charge on any atom is 0.144 e. The minimum Gasteiger partial charge on any atom is -0.455 e. The van der Waals surface area contributed by atoms with Gasteiger partial charge in [-0.05, 0) is 71.7 Å². The van der Waals surface area contributed by atoms with Crippen LogP contribution in [-0.4, -0.2) is 4.98 Å². The van der Waals surface area contributed by atoms with Gasteiger partial charge < -0.3 is 4.42 Å². The van der Waals surface area contributed by atoms with Crippen molar-refractivity contribution in [3.8, 4) is 11.3 Å². The number of aromatic nitrogens is 1. The zero-order valence-electron chi connectivity index (χ0n) is 12.4. The van der Waals surface area contributed by atoms with Gasteiger partial charge in [-0.2, -0.15) is 0 Å². The molecule has 0 bridgehead atoms. The Morgan fingerprint density at radius 1 is 0.909 bits per heavy atom. The molecule has 4 aromatic rings. The molecule has 0 aliphatic carbocycles. The van der Waals surface area contributed by atoms with Gasteiger partial charge in [-0.15, -0.1) is 0 Å². The molecule has 0 unspecified atom stereocenters. The fourth-order valence-electron chi connectivity index (χ4n) is 2.89. The van der Waals surface area contributed by atoms with E-state index in [9.17, 15) is 0 Å². The van der Waals surface area contributed by atoms with Gasteiger partial charge in [0.2, 0.25) is 0 Å². The van der Waals surface area contributed by atoms with Crippen molar-refractivity contribution >= 4 is 37.9 Å². The predicted octanol–water partition coefficient (Wildman–Crippen LogP) is 6.03. The molecule has 108 valence electrons. The fraction of sp³-hybridized carbons (Fsp3) is 0.105. The Labute approximate surface area is 136 Å². The summed E-state index contributed by atoms with van der Waals surface area (Å²) >= 11 is 3.44. The molecule has 2 nitrogen and oxygen atoms in total. The predicted molar refractivity (Wildman–Crippen MR) is 94.1 cm³/mol. The maximum absolute atomic E-state index is 6.13. The number of nitrogens with zero attached hydrogens (tertiary/aromatic N) is 1. The number of halogens is 1. The molecule has 0 saturated carbocycles. The first-order chi connectivity index (χ1) is 10.6. The van der Waals surface area contributed by atoms with Gasteiger partial charge in [-0.1, -0.05) is 17.7 Å². The van der Waals surface area contributed by atoms with Crippen LogP contribution in [-0.2, 0) is 0 Å². The summed E-state index contributed by atoms with van der Waals surface area (Å²) in [6.45, 7) is 4.21. The molecule has 0 spiro atoms. The molecule has 0 atom stereocenters. The van der Waals surface area contributed by atoms with E-state index in [4.69, 9.17) is 4.42 Å². The van der Waals surface area contributed by atoms with E-state index in [1.54, 1.807) is 0 Å². The second-order valence-electron chi connectivity index (χ2n) is 5.64. The molecule has 0 aliphatic heterocycles. The lowest BCUT2D eigenvalue weighted by Gasteiger charge is -2.04. The van der Waals surface area contributed by atoms with Crippen molar-refractivity contribution in [2.45, 2.75) is 13.8 Å². The van der Waals surface area contributed by atoms with Crippen molar-refractivity contribution in [2.75, 3.05) is 0 Å². The highest BCUT2D eigenvalue weighted by Crippen LogP contribution is 2.36. The number of aryl methyl sites for hydroxylation is 2. The number of benzene rings is 2. The van der Waals surface area contributed by atoms with Gasteiger partial charge in [0.1, 0.15) is 15.8 Å². The first-order valence-electron chi connectivity index (χ1n) is 7.18. The molecule has 0 aliphatic rings. The van der Waals surface area contributed by atoms with Crippen molar-refractivity contribution < 1.29 is 4.42 Å². The van der Waals surface area contributed by atoms with Gasteiger partial charge in [-0.25, -0.2) is 4.98 Å². The zero-order chi connectivity index (χ0) is 15.3. The number of pyridine rings is 1. The van der Waals surface area contributed by atoms with E-state index in [1.807, 2.05) is 24.3 Å². The number of hydrogen-bond donors (Lipinski definition) is 0. The Bertz CT molecular complexity index is 1020. The van der Waals surface area contributed by atoms with Crippen molar-refractivity contribution in [2.24, 2.45) is 0 Å². The van der Waals surface area contributed by atoms with Gasteiger partial charge in [0, 0.05) is 16.3 Å². The van der Waals surface area contributed by atoms with Gasteiger partial charge in [-0.3, -0.25) is 0 Å². The highest BCUT2D eigenvalue weighted by molar-refractivity contribution is 9.10. The van der Waals surface area contributed by atoms with Crippen molar-refractivity contribution in [3.05, 3.63) is 64.3 Å². The Morgan fingerprint density at radius 2 is 1.73 bits per heavy atom. The van der Waals surface area contributed by atoms with Crippen LogP contribution in [0.5, 0.6) is 0 Å². The average molecular weight is 352 g/mol. The van der Waals surface area contributed by atoms with Crippen LogP contribution >= 0.6 is 15.9 Å². The summed E-state index contributed by atoms with van der Waals surface area (Å²) in [5, 5.41) is 2.31. The Balaban J connectivity index is 2.13. The second-order valence-corrected chi connectivity index (χ2v) is 6.45. The molecule has 0 fully saturated rings. The quantitative estimate of drug-likeness (QED) is 0.391. The zero-order valence-corrected chi connectivity index (χ0v) is 13.9. The van der Waals surface area contributed by atoms with Crippen LogP contribution in [0.4, 0.5) is 0 Å². The Kier molecular flexibility index (Phi) is 3.05. The lowest BCUT2D eigenvalue weighted by molar-refractivity contribution is 0.669. The van der Waals surface area contributed by atoms with Gasteiger partial charge in [0.15, 0.2) is 0 Å². The van der Waals surface area contributed by atoms with E-state index in [-0.39, 0.29) is 0 Å². The van der Waals surface area contributed by atoms with Crippen LogP contribution in [0.1, 0.15) is 11.1 Å². The molecule has 3 heteroatoms. The summed E-state index contributed by atoms with van der Waals surface area (Å²) < 4.78 is 6.96. The van der Waals surface area contributed by atoms with Crippen molar-refractivity contribution in [3.63, 3.8) is 0 Å². The van der Waals surface area contributed by atoms with E-state index in [0.717, 1.165) is 37.8 Å². The van der Waals surface area contributed by atoms with Crippen LogP contribution in [0, 0.1) is 13.8 Å². The van der Waals surface area contributed by atoms with E-state index >= 15 is 0 Å². The van der Waals surface area contributed by atoms with Crippen molar-refractivity contribution in [1.29, 1.82) is 0 Å². The minimum absolute atomic E-state index is 0.826. The van der Waals surface area contributed by atoms with Gasteiger partial charge >= 0.3 is 0 Å². The molecule has 22 heavy (non-hydrogen) atoms. The summed E-state index contributed by atoms with van der Waals surface area (Å²) in [6.07, 6.45) is 0. The fourth-order valence-corrected chi connectivity index (χ4v) is 3.23. The summed E-state index contributed by atoms with van der Waals surface area (Å²) in [6, 6.07) is 16.5. The molecule has 2 aromatic heterocycles. The standard InChI is InChI=1S/C19H14BrNO/c1-11-6-7-17-13(8-11)14-9-12(2)10-15(19(14)22-17)16-4-3-5-18(20)21-16/h3-10H,1-2H3. The Hall–Kier alpha value is -2.13. The molecule has 2 heterocycles. The van der Waals surface area contributed by atoms with Gasteiger partial charge in [0.25, 0.3) is 0 Å². The molecule has 0 saturated heterocycles. The third kappa shape index (κ3) is 2.13. The van der Waals surface area contributed by atoms with E-state index < -0.39 is 0 Å². The van der Waals surface area contributed by atoms with E-state index in [0.29, 0.717) is 0 Å². The first kappa shape index (κ1) is 13.5. The molecule has 2 aromatic carbocycles. The summed E-state index contributed by atoms with van der Waals surface area (Å²) in [5.74, 6) is 0. The highest BCUT2D eigenvalue weighted by Gasteiger charge is 2.14. The molecule has 0 amide bonds. The van der Waals surface area contributed by atoms with Crippen molar-refractivity contribution in [1.82, 2.24) is 4.98 Å². The van der Waals surface area contributed by atoms with Crippen LogP contribution in [0.25, 0.3) is 33.2 Å². The smallest absolute Gasteiger partial charge is 0.144 e. The monoisotopic (exact) mass is 351 g/mol. The summed E-state index contributed by atoms with van der Waals surface area (Å²) in [5.41, 5.74) is 6.20. The van der Waals surface area contributed by atoms with E-state index in [1.165, 1.54) is 11.1 Å². The lowest BCUT2D eigenvalue weighted by atomic mass is 10.0. The number of fused-ring (bicyclic) bond motifs is 3. The molecular weight excluding hydrogens is 338 g/mol. The highest BCUT2D eigenvalue weighted by atomic mass is 79.9. The normalized spacial score (nSPS) is 11.4. The average Bonchev–Trinajstić information content (AvgIpc) is 2.84. The largest absolute Gasteiger partial charge is 0.455 e. The molecule has 0 N–H and O–H groups in total. The van der Waals surface area contributed by atoms with Crippen LogP contribution in [0.2, 0.25) is 0 Å². The number of rotatable bonds is 1. The number of hydrogen-bond acceptors (Lipinski definition) is 2. The van der Waals surface area contributed by atoms with Crippen LogP contribution in [0.3, 0.4) is 0 Å². The summed E-state index contributed by atoms with van der Waals surface area (Å²) in [4.78, 5) is 4.58. The number of furan rings is 1. The molecular formula is C19H14BrNO. The van der Waals surface area contributed by atoms with E-state index in [2.05, 4.69) is 59.0 Å². The molecule has 4 rings (SSSR count). The lowest BCUT2D eigenvalue weighted by Crippen LogP contribution is -1.86. The first-order valence-corrected chi connectivity index (χ1v) is 7.97. The topological polar surface area (TPSA) is 26.0 Å².